The number of amides is 7. The molecule has 19 nitrogen and oxygen atoms in total. The summed E-state index contributed by atoms with van der Waals surface area (Å²) in [5.74, 6) is -5.50. The minimum absolute atomic E-state index is 0.0129. The van der Waals surface area contributed by atoms with Gasteiger partial charge in [-0.15, -0.1) is 0 Å². The van der Waals surface area contributed by atoms with E-state index in [9.17, 15) is 43.5 Å². The molecule has 0 unspecified atom stereocenters. The maximum atomic E-state index is 13.6. The quantitative estimate of drug-likeness (QED) is 0.0327. The van der Waals surface area contributed by atoms with Gasteiger partial charge < -0.3 is 52.0 Å². The fourth-order valence-corrected chi connectivity index (χ4v) is 5.57. The fourth-order valence-electron chi connectivity index (χ4n) is 5.57. The van der Waals surface area contributed by atoms with Crippen molar-refractivity contribution in [2.45, 2.75) is 96.3 Å². The van der Waals surface area contributed by atoms with Crippen molar-refractivity contribution in [3.8, 4) is 5.75 Å². The molecule has 1 aliphatic heterocycles. The number of aromatic hydroxyl groups is 1. The molecule has 1 aromatic rings. The number of ether oxygens (including phenoxy) is 2. The zero-order valence-electron chi connectivity index (χ0n) is 33.0. The predicted molar refractivity (Wildman–Crippen MR) is 206 cm³/mol. The molecule has 4 atom stereocenters. The Hall–Kier alpha value is -5.40. The third-order valence-electron chi connectivity index (χ3n) is 8.79. The third kappa shape index (κ3) is 17.9. The molecular formula is C38H57N7O12. The summed E-state index contributed by atoms with van der Waals surface area (Å²) in [5, 5.41) is 32.5. The Balaban J connectivity index is 2.04. The number of phenols is 1. The molecule has 0 spiro atoms. The molecule has 0 bridgehead atoms. The van der Waals surface area contributed by atoms with E-state index in [1.165, 1.54) is 26.2 Å². The monoisotopic (exact) mass is 803 g/mol. The van der Waals surface area contributed by atoms with Crippen molar-refractivity contribution < 1.29 is 58.0 Å². The second-order valence-corrected chi connectivity index (χ2v) is 14.0. The van der Waals surface area contributed by atoms with Crippen molar-refractivity contribution in [3.63, 3.8) is 0 Å². The summed E-state index contributed by atoms with van der Waals surface area (Å²) >= 11 is 0. The average Bonchev–Trinajstić information content (AvgIpc) is 3.47. The van der Waals surface area contributed by atoms with Gasteiger partial charge in [-0.1, -0.05) is 19.9 Å². The van der Waals surface area contributed by atoms with Crippen LogP contribution in [0.25, 0.3) is 0 Å². The molecule has 0 aliphatic carbocycles. The van der Waals surface area contributed by atoms with Crippen LogP contribution in [0.1, 0.15) is 71.3 Å². The van der Waals surface area contributed by atoms with Crippen molar-refractivity contribution in [2.24, 2.45) is 11.7 Å². The van der Waals surface area contributed by atoms with Crippen LogP contribution in [-0.4, -0.2) is 127 Å². The second-order valence-electron chi connectivity index (χ2n) is 14.0. The van der Waals surface area contributed by atoms with Gasteiger partial charge in [-0.2, -0.15) is 0 Å². The molecule has 57 heavy (non-hydrogen) atoms. The highest BCUT2D eigenvalue weighted by molar-refractivity contribution is 6.12. The number of methoxy groups -OCH3 is 1. The lowest BCUT2D eigenvalue weighted by Gasteiger charge is -2.26. The number of phenolic OH excluding ortho intramolecular Hbond substituents is 1. The van der Waals surface area contributed by atoms with Crippen molar-refractivity contribution in [1.82, 2.24) is 26.2 Å². The first-order valence-corrected chi connectivity index (χ1v) is 18.9. The standard InChI is InChI=1S/C38H57N7O12/c1-23(2)35(38(55)41-24(3)36(53)43-28-21-25(10-12-29(28)46)20-26(39)11-15-34(51)52)44-37(54)27(8-5-6-16-40-31(48)22-57-19-18-56-4)42-30(47)9-7-17-45-32(49)13-14-33(45)50/h10,12-14,21,23-24,26-27,35,46H,5-9,11,15-20,22,39H2,1-4H3,(H,40,48)(H,41,55)(H,42,47)(H,43,53)(H,44,54)(H,51,52)/t24-,26+,27-,35-/m0/s1. The molecular weight excluding hydrogens is 746 g/mol. The van der Waals surface area contributed by atoms with Crippen LogP contribution in [0.2, 0.25) is 0 Å². The number of nitrogens with zero attached hydrogens (tertiary/aromatic N) is 1. The normalized spacial score (nSPS) is 14.5. The Labute approximate surface area is 331 Å². The summed E-state index contributed by atoms with van der Waals surface area (Å²) in [6, 6.07) is 0.643. The number of imide groups is 1. The molecule has 1 aromatic carbocycles. The topological polar surface area (TPSA) is 285 Å². The van der Waals surface area contributed by atoms with E-state index >= 15 is 0 Å². The van der Waals surface area contributed by atoms with E-state index in [0.29, 0.717) is 31.4 Å². The van der Waals surface area contributed by atoms with Gasteiger partial charge >= 0.3 is 5.97 Å². The van der Waals surface area contributed by atoms with Gasteiger partial charge in [0.25, 0.3) is 11.8 Å². The van der Waals surface area contributed by atoms with Crippen molar-refractivity contribution in [3.05, 3.63) is 35.9 Å². The van der Waals surface area contributed by atoms with E-state index in [0.717, 1.165) is 17.1 Å². The number of carboxylic acids is 1. The Bertz CT molecular complexity index is 1580. The Morgan fingerprint density at radius 2 is 1.54 bits per heavy atom. The van der Waals surface area contributed by atoms with E-state index in [2.05, 4.69) is 26.6 Å². The van der Waals surface area contributed by atoms with E-state index in [1.54, 1.807) is 19.9 Å². The first kappa shape index (κ1) is 47.8. The molecule has 0 saturated heterocycles. The lowest BCUT2D eigenvalue weighted by molar-refractivity contribution is -0.138. The molecule has 1 aliphatic rings. The minimum Gasteiger partial charge on any atom is -0.506 e. The molecule has 0 saturated carbocycles. The molecule has 2 rings (SSSR count). The fraction of sp³-hybridized carbons (Fsp3) is 0.579. The molecule has 0 fully saturated rings. The molecule has 1 heterocycles. The van der Waals surface area contributed by atoms with Crippen molar-refractivity contribution in [2.75, 3.05) is 45.3 Å². The van der Waals surface area contributed by atoms with Crippen LogP contribution in [-0.2, 0) is 54.3 Å². The van der Waals surface area contributed by atoms with E-state index < -0.39 is 71.5 Å². The summed E-state index contributed by atoms with van der Waals surface area (Å²) in [5.41, 5.74) is 6.74. The lowest BCUT2D eigenvalue weighted by atomic mass is 10.0. The third-order valence-corrected chi connectivity index (χ3v) is 8.79. The van der Waals surface area contributed by atoms with Gasteiger partial charge in [0.1, 0.15) is 30.5 Å². The maximum absolute atomic E-state index is 13.6. The number of unbranched alkanes of at least 4 members (excludes halogenated alkanes) is 1. The largest absolute Gasteiger partial charge is 0.506 e. The summed E-state index contributed by atoms with van der Waals surface area (Å²) < 4.78 is 10.1. The van der Waals surface area contributed by atoms with Gasteiger partial charge in [0.15, 0.2) is 0 Å². The summed E-state index contributed by atoms with van der Waals surface area (Å²) in [4.78, 5) is 101. The number of hydrogen-bond donors (Lipinski definition) is 8. The molecule has 316 valence electrons. The van der Waals surface area contributed by atoms with E-state index in [1.807, 2.05) is 0 Å². The van der Waals surface area contributed by atoms with Gasteiger partial charge in [0, 0.05) is 51.2 Å². The van der Waals surface area contributed by atoms with Crippen LogP contribution < -0.4 is 32.3 Å². The summed E-state index contributed by atoms with van der Waals surface area (Å²) in [7, 11) is 1.52. The molecule has 0 aromatic heterocycles. The van der Waals surface area contributed by atoms with Gasteiger partial charge in [-0.3, -0.25) is 43.3 Å². The van der Waals surface area contributed by atoms with Crippen molar-refractivity contribution >= 4 is 53.0 Å². The van der Waals surface area contributed by atoms with Crippen LogP contribution in [0.4, 0.5) is 5.69 Å². The Morgan fingerprint density at radius 1 is 0.842 bits per heavy atom. The number of nitrogens with two attached hydrogens (primary N) is 1. The number of anilines is 1. The second kappa shape index (κ2) is 25.0. The maximum Gasteiger partial charge on any atom is 0.303 e. The average molecular weight is 804 g/mol. The number of carbonyl (C=O) groups is 8. The summed E-state index contributed by atoms with van der Waals surface area (Å²) in [6.45, 7) is 5.55. The van der Waals surface area contributed by atoms with Crippen LogP contribution in [0.3, 0.4) is 0 Å². The Morgan fingerprint density at radius 3 is 2.19 bits per heavy atom. The molecule has 0 radical (unpaired) electrons. The van der Waals surface area contributed by atoms with Crippen LogP contribution in [0, 0.1) is 5.92 Å². The van der Waals surface area contributed by atoms with Gasteiger partial charge in [0.2, 0.25) is 29.5 Å². The number of carbonyl (C=O) groups excluding carboxylic acids is 7. The van der Waals surface area contributed by atoms with Crippen LogP contribution in [0.15, 0.2) is 30.4 Å². The zero-order valence-corrected chi connectivity index (χ0v) is 33.0. The highest BCUT2D eigenvalue weighted by atomic mass is 16.5. The number of nitrogens with one attached hydrogen (secondary N) is 5. The lowest BCUT2D eigenvalue weighted by Crippen LogP contribution is -2.57. The number of carboxylic acid groups (broad SMARTS) is 1. The first-order chi connectivity index (χ1) is 27.0. The number of hydrogen-bond acceptors (Lipinski definition) is 12. The Kier molecular flexibility index (Phi) is 20.9. The SMILES string of the molecule is COCCOCC(=O)NCCCC[C@H](NC(=O)CCCN1C(=O)C=CC1=O)C(=O)N[C@H](C(=O)N[C@@H](C)C(=O)Nc1cc(C[C@H](N)CCC(=O)O)ccc1O)C(C)C. The first-order valence-electron chi connectivity index (χ1n) is 18.9. The smallest absolute Gasteiger partial charge is 0.303 e. The van der Waals surface area contributed by atoms with Gasteiger partial charge in [-0.05, 0) is 69.1 Å². The number of rotatable bonds is 27. The van der Waals surface area contributed by atoms with Crippen LogP contribution in [0.5, 0.6) is 5.75 Å². The number of benzene rings is 1. The minimum atomic E-state index is -1.13. The summed E-state index contributed by atoms with van der Waals surface area (Å²) in [6.07, 6.45) is 3.74. The predicted octanol–water partition coefficient (Wildman–Crippen LogP) is -0.150. The number of aliphatic carboxylic acids is 1. The molecule has 9 N–H and O–H groups in total. The zero-order chi connectivity index (χ0) is 42.5. The van der Waals surface area contributed by atoms with Crippen LogP contribution >= 0.6 is 0 Å². The van der Waals surface area contributed by atoms with Gasteiger partial charge in [0.05, 0.1) is 18.9 Å². The highest BCUT2D eigenvalue weighted by Crippen LogP contribution is 2.25. The molecule has 7 amide bonds. The molecule has 19 heteroatoms. The van der Waals surface area contributed by atoms with E-state index in [4.69, 9.17) is 20.3 Å². The highest BCUT2D eigenvalue weighted by Gasteiger charge is 2.31. The van der Waals surface area contributed by atoms with Gasteiger partial charge in [-0.25, -0.2) is 0 Å². The van der Waals surface area contributed by atoms with Crippen molar-refractivity contribution in [1.29, 1.82) is 0 Å². The van der Waals surface area contributed by atoms with E-state index in [-0.39, 0.29) is 75.8 Å².